The average molecular weight is 431 g/mol. The largest absolute Gasteiger partial charge is 0.454 e. The first kappa shape index (κ1) is 18.5. The molecule has 0 N–H and O–H groups in total. The minimum Gasteiger partial charge on any atom is -0.454 e. The molecule has 7 rings (SSSR count). The van der Waals surface area contributed by atoms with Gasteiger partial charge in [0.05, 0.1) is 22.1 Å². The molecular weight excluding hydrogens is 408 g/mol. The SMILES string of the molecule is Cc1ccc2oc3ccc(CCc4ccc5c(c4)n4c6ccccc6nc4n5C)cc3c2n1. The molecule has 0 saturated carbocycles. The fourth-order valence-electron chi connectivity index (χ4n) is 5.00. The highest BCUT2D eigenvalue weighted by molar-refractivity contribution is 6.02. The third kappa shape index (κ3) is 2.72. The van der Waals surface area contributed by atoms with Gasteiger partial charge in [0, 0.05) is 18.1 Å². The molecule has 0 atom stereocenters. The highest BCUT2D eigenvalue weighted by Crippen LogP contribution is 2.29. The summed E-state index contributed by atoms with van der Waals surface area (Å²) in [5.41, 5.74) is 10.9. The molecule has 0 radical (unpaired) electrons. The van der Waals surface area contributed by atoms with Gasteiger partial charge < -0.3 is 8.98 Å². The molecule has 0 fully saturated rings. The van der Waals surface area contributed by atoms with E-state index in [1.54, 1.807) is 0 Å². The van der Waals surface area contributed by atoms with Gasteiger partial charge in [-0.15, -0.1) is 0 Å². The Morgan fingerprint density at radius 2 is 1.55 bits per heavy atom. The Morgan fingerprint density at radius 3 is 2.45 bits per heavy atom. The van der Waals surface area contributed by atoms with Crippen molar-refractivity contribution >= 4 is 49.9 Å². The van der Waals surface area contributed by atoms with Gasteiger partial charge in [0.1, 0.15) is 11.1 Å². The second-order valence-electron chi connectivity index (χ2n) is 8.85. The zero-order valence-electron chi connectivity index (χ0n) is 18.5. The summed E-state index contributed by atoms with van der Waals surface area (Å²) in [5.74, 6) is 0.975. The molecule has 0 bridgehead atoms. The molecule has 0 aliphatic heterocycles. The molecule has 0 unspecified atom stereocenters. The Hall–Kier alpha value is -4.12. The zero-order valence-corrected chi connectivity index (χ0v) is 18.5. The molecule has 160 valence electrons. The van der Waals surface area contributed by atoms with E-state index >= 15 is 0 Å². The Balaban J connectivity index is 1.27. The summed E-state index contributed by atoms with van der Waals surface area (Å²) in [4.78, 5) is 9.54. The van der Waals surface area contributed by atoms with Crippen LogP contribution in [0, 0.1) is 6.92 Å². The molecule has 33 heavy (non-hydrogen) atoms. The van der Waals surface area contributed by atoms with Crippen molar-refractivity contribution in [2.75, 3.05) is 0 Å². The number of nitrogens with zero attached hydrogens (tertiary/aromatic N) is 4. The molecule has 3 aromatic carbocycles. The predicted octanol–water partition coefficient (Wildman–Crippen LogP) is 6.37. The fraction of sp³-hybridized carbons (Fsp3) is 0.143. The molecule has 4 heterocycles. The molecule has 0 aliphatic carbocycles. The van der Waals surface area contributed by atoms with Gasteiger partial charge in [-0.3, -0.25) is 4.40 Å². The molecule has 0 amide bonds. The van der Waals surface area contributed by atoms with Crippen molar-refractivity contribution in [3.05, 3.63) is 89.6 Å². The fourth-order valence-corrected chi connectivity index (χ4v) is 5.00. The summed E-state index contributed by atoms with van der Waals surface area (Å²) >= 11 is 0. The lowest BCUT2D eigenvalue weighted by Crippen LogP contribution is -1.93. The molecule has 0 spiro atoms. The third-order valence-corrected chi connectivity index (χ3v) is 6.70. The highest BCUT2D eigenvalue weighted by atomic mass is 16.3. The number of furan rings is 1. The third-order valence-electron chi connectivity index (χ3n) is 6.70. The van der Waals surface area contributed by atoms with E-state index in [0.717, 1.165) is 57.4 Å². The zero-order chi connectivity index (χ0) is 22.1. The average Bonchev–Trinajstić information content (AvgIpc) is 3.47. The maximum absolute atomic E-state index is 5.97. The van der Waals surface area contributed by atoms with Gasteiger partial charge >= 0.3 is 0 Å². The molecular formula is C28H22N4O. The maximum atomic E-state index is 5.97. The van der Waals surface area contributed by atoms with Gasteiger partial charge in [0.25, 0.3) is 0 Å². The Kier molecular flexibility index (Phi) is 3.74. The smallest absolute Gasteiger partial charge is 0.215 e. The first-order valence-electron chi connectivity index (χ1n) is 11.3. The van der Waals surface area contributed by atoms with Crippen molar-refractivity contribution in [3.8, 4) is 0 Å². The van der Waals surface area contributed by atoms with Crippen LogP contribution in [-0.4, -0.2) is 18.9 Å². The van der Waals surface area contributed by atoms with E-state index in [9.17, 15) is 0 Å². The van der Waals surface area contributed by atoms with Crippen molar-refractivity contribution in [1.82, 2.24) is 18.9 Å². The number of hydrogen-bond acceptors (Lipinski definition) is 3. The Labute approximate surface area is 189 Å². The summed E-state index contributed by atoms with van der Waals surface area (Å²) in [7, 11) is 2.09. The van der Waals surface area contributed by atoms with Crippen LogP contribution in [0.5, 0.6) is 0 Å². The topological polar surface area (TPSA) is 48.3 Å². The van der Waals surface area contributed by atoms with Gasteiger partial charge in [-0.05, 0) is 79.4 Å². The predicted molar refractivity (Wildman–Crippen MR) is 133 cm³/mol. The van der Waals surface area contributed by atoms with E-state index in [1.807, 2.05) is 25.1 Å². The first-order chi connectivity index (χ1) is 16.2. The molecule has 0 saturated heterocycles. The van der Waals surface area contributed by atoms with E-state index in [2.05, 4.69) is 70.6 Å². The van der Waals surface area contributed by atoms with E-state index in [0.29, 0.717) is 0 Å². The van der Waals surface area contributed by atoms with Crippen molar-refractivity contribution in [3.63, 3.8) is 0 Å². The van der Waals surface area contributed by atoms with Crippen LogP contribution < -0.4 is 0 Å². The van der Waals surface area contributed by atoms with Crippen LogP contribution in [0.2, 0.25) is 0 Å². The lowest BCUT2D eigenvalue weighted by molar-refractivity contribution is 0.667. The van der Waals surface area contributed by atoms with Gasteiger partial charge in [-0.25, -0.2) is 9.97 Å². The van der Waals surface area contributed by atoms with Gasteiger partial charge in [-0.2, -0.15) is 0 Å². The number of aryl methyl sites for hydroxylation is 4. The van der Waals surface area contributed by atoms with E-state index < -0.39 is 0 Å². The second kappa shape index (κ2) is 6.69. The monoisotopic (exact) mass is 430 g/mol. The van der Waals surface area contributed by atoms with Crippen LogP contribution in [0.4, 0.5) is 0 Å². The van der Waals surface area contributed by atoms with Crippen molar-refractivity contribution < 1.29 is 4.42 Å². The minimum absolute atomic E-state index is 0.846. The van der Waals surface area contributed by atoms with Crippen molar-refractivity contribution in [2.45, 2.75) is 19.8 Å². The molecule has 5 nitrogen and oxygen atoms in total. The molecule has 0 aliphatic rings. The van der Waals surface area contributed by atoms with Crippen LogP contribution in [0.15, 0.2) is 77.2 Å². The lowest BCUT2D eigenvalue weighted by Gasteiger charge is -2.04. The van der Waals surface area contributed by atoms with Crippen LogP contribution in [0.3, 0.4) is 0 Å². The Bertz CT molecular complexity index is 1850. The number of pyridine rings is 1. The highest BCUT2D eigenvalue weighted by Gasteiger charge is 2.14. The summed E-state index contributed by atoms with van der Waals surface area (Å²) in [6.07, 6.45) is 1.92. The van der Waals surface area contributed by atoms with E-state index in [1.165, 1.54) is 22.2 Å². The number of benzene rings is 3. The summed E-state index contributed by atoms with van der Waals surface area (Å²) in [6.45, 7) is 2.02. The molecule has 5 heteroatoms. The molecule has 7 aromatic rings. The molecule has 4 aromatic heterocycles. The number of rotatable bonds is 3. The van der Waals surface area contributed by atoms with Crippen molar-refractivity contribution in [1.29, 1.82) is 0 Å². The normalized spacial score (nSPS) is 12.2. The summed E-state index contributed by atoms with van der Waals surface area (Å²) in [5, 5.41) is 1.09. The van der Waals surface area contributed by atoms with E-state index in [-0.39, 0.29) is 0 Å². The summed E-state index contributed by atoms with van der Waals surface area (Å²) in [6, 6.07) is 25.6. The summed E-state index contributed by atoms with van der Waals surface area (Å²) < 4.78 is 10.4. The number of imidazole rings is 2. The maximum Gasteiger partial charge on any atom is 0.215 e. The van der Waals surface area contributed by atoms with Crippen LogP contribution in [0.1, 0.15) is 16.8 Å². The van der Waals surface area contributed by atoms with Crippen LogP contribution in [0.25, 0.3) is 49.9 Å². The van der Waals surface area contributed by atoms with Gasteiger partial charge in [-0.1, -0.05) is 24.3 Å². The van der Waals surface area contributed by atoms with Gasteiger partial charge in [0.15, 0.2) is 5.58 Å². The second-order valence-corrected chi connectivity index (χ2v) is 8.85. The number of fused-ring (bicyclic) bond motifs is 8. The van der Waals surface area contributed by atoms with Crippen LogP contribution >= 0.6 is 0 Å². The number of hydrogen-bond donors (Lipinski definition) is 0. The number of para-hydroxylation sites is 2. The van der Waals surface area contributed by atoms with Crippen molar-refractivity contribution in [2.24, 2.45) is 7.05 Å². The first-order valence-corrected chi connectivity index (χ1v) is 11.3. The van der Waals surface area contributed by atoms with Crippen LogP contribution in [-0.2, 0) is 19.9 Å². The number of aromatic nitrogens is 4. The Morgan fingerprint density at radius 1 is 0.758 bits per heavy atom. The van der Waals surface area contributed by atoms with Gasteiger partial charge in [0.2, 0.25) is 5.78 Å². The quantitative estimate of drug-likeness (QED) is 0.327. The van der Waals surface area contributed by atoms with E-state index in [4.69, 9.17) is 14.4 Å². The lowest BCUT2D eigenvalue weighted by atomic mass is 10.0. The standard InChI is InChI=1S/C28H22N4O/c1-17-7-13-26-27(29-17)20-15-18(11-14-25(20)33-26)8-9-19-10-12-23-24(16-19)32-22-6-4-3-5-21(22)30-28(32)31(23)2/h3-7,10-16H,8-9H2,1-2H3. The minimum atomic E-state index is 0.846.